The van der Waals surface area contributed by atoms with Crippen LogP contribution in [0.5, 0.6) is 5.75 Å². The molecule has 1 aromatic carbocycles. The smallest absolute Gasteiger partial charge is 0.333 e. The molecule has 0 spiro atoms. The maximum Gasteiger partial charge on any atom is 0.333 e. The molecule has 0 saturated heterocycles. The predicted octanol–water partition coefficient (Wildman–Crippen LogP) is 3.23. The zero-order chi connectivity index (χ0) is 13.0. The predicted molar refractivity (Wildman–Crippen MR) is 69.1 cm³/mol. The molecular formula is C15H16O3. The van der Waals surface area contributed by atoms with Gasteiger partial charge >= 0.3 is 5.97 Å². The van der Waals surface area contributed by atoms with Crippen LogP contribution in [0.2, 0.25) is 0 Å². The SMILES string of the molecule is COC(=O)C1=CCC(Oc2ccccc2)=C(C)C1. The minimum atomic E-state index is -0.256. The molecule has 0 saturated carbocycles. The van der Waals surface area contributed by atoms with Gasteiger partial charge in [-0.2, -0.15) is 0 Å². The maximum atomic E-state index is 11.4. The second-order valence-corrected chi connectivity index (χ2v) is 4.22. The van der Waals surface area contributed by atoms with E-state index in [9.17, 15) is 4.79 Å². The van der Waals surface area contributed by atoms with Crippen molar-refractivity contribution >= 4 is 5.97 Å². The molecule has 0 atom stereocenters. The first-order valence-electron chi connectivity index (χ1n) is 5.89. The van der Waals surface area contributed by atoms with E-state index >= 15 is 0 Å². The molecule has 0 unspecified atom stereocenters. The zero-order valence-corrected chi connectivity index (χ0v) is 10.6. The summed E-state index contributed by atoms with van der Waals surface area (Å²) in [5.41, 5.74) is 1.78. The molecule has 1 aliphatic rings. The number of carbonyl (C=O) groups is 1. The lowest BCUT2D eigenvalue weighted by Gasteiger charge is -2.18. The number of hydrogen-bond donors (Lipinski definition) is 0. The van der Waals surface area contributed by atoms with Gasteiger partial charge in [0.15, 0.2) is 0 Å². The number of allylic oxidation sites excluding steroid dienone is 2. The highest BCUT2D eigenvalue weighted by molar-refractivity contribution is 5.89. The van der Waals surface area contributed by atoms with Crippen LogP contribution in [0.3, 0.4) is 0 Å². The van der Waals surface area contributed by atoms with Crippen molar-refractivity contribution in [1.29, 1.82) is 0 Å². The summed E-state index contributed by atoms with van der Waals surface area (Å²) < 4.78 is 10.5. The molecule has 0 radical (unpaired) electrons. The lowest BCUT2D eigenvalue weighted by Crippen LogP contribution is -2.11. The summed E-state index contributed by atoms with van der Waals surface area (Å²) in [4.78, 5) is 11.4. The van der Waals surface area contributed by atoms with Gasteiger partial charge in [0.1, 0.15) is 11.5 Å². The Kier molecular flexibility index (Phi) is 3.82. The minimum Gasteiger partial charge on any atom is -0.466 e. The van der Waals surface area contributed by atoms with Crippen LogP contribution >= 0.6 is 0 Å². The molecule has 0 heterocycles. The summed E-state index contributed by atoms with van der Waals surface area (Å²) in [6.07, 6.45) is 3.09. The van der Waals surface area contributed by atoms with Gasteiger partial charge in [0, 0.05) is 18.4 Å². The van der Waals surface area contributed by atoms with Gasteiger partial charge in [-0.1, -0.05) is 24.3 Å². The number of esters is 1. The van der Waals surface area contributed by atoms with Crippen molar-refractivity contribution in [2.75, 3.05) is 7.11 Å². The molecule has 94 valence electrons. The van der Waals surface area contributed by atoms with Crippen molar-refractivity contribution in [2.24, 2.45) is 0 Å². The van der Waals surface area contributed by atoms with Crippen molar-refractivity contribution in [3.8, 4) is 5.75 Å². The number of hydrogen-bond acceptors (Lipinski definition) is 3. The Hall–Kier alpha value is -2.03. The summed E-state index contributed by atoms with van der Waals surface area (Å²) in [6.45, 7) is 1.98. The maximum absolute atomic E-state index is 11.4. The Bertz CT molecular complexity index is 498. The monoisotopic (exact) mass is 244 g/mol. The quantitative estimate of drug-likeness (QED) is 0.766. The summed E-state index contributed by atoms with van der Waals surface area (Å²) in [5, 5.41) is 0. The van der Waals surface area contributed by atoms with Gasteiger partial charge in [0.25, 0.3) is 0 Å². The van der Waals surface area contributed by atoms with Gasteiger partial charge in [-0.25, -0.2) is 4.79 Å². The molecule has 3 nitrogen and oxygen atoms in total. The minimum absolute atomic E-state index is 0.256. The molecule has 0 aromatic heterocycles. The first-order chi connectivity index (χ1) is 8.70. The van der Waals surface area contributed by atoms with Crippen LogP contribution < -0.4 is 4.74 Å². The van der Waals surface area contributed by atoms with Crippen LogP contribution in [0.4, 0.5) is 0 Å². The Labute approximate surface area is 107 Å². The molecule has 0 amide bonds. The van der Waals surface area contributed by atoms with Crippen LogP contribution in [-0.4, -0.2) is 13.1 Å². The molecular weight excluding hydrogens is 228 g/mol. The molecule has 2 rings (SSSR count). The molecule has 0 N–H and O–H groups in total. The summed E-state index contributed by atoms with van der Waals surface area (Å²) in [7, 11) is 1.40. The fraction of sp³-hybridized carbons (Fsp3) is 0.267. The fourth-order valence-corrected chi connectivity index (χ4v) is 1.89. The Balaban J connectivity index is 2.07. The van der Waals surface area contributed by atoms with Gasteiger partial charge in [0.2, 0.25) is 0 Å². The molecule has 0 fully saturated rings. The number of ether oxygens (including phenoxy) is 2. The van der Waals surface area contributed by atoms with E-state index in [1.807, 2.05) is 43.3 Å². The highest BCUT2D eigenvalue weighted by Crippen LogP contribution is 2.27. The van der Waals surface area contributed by atoms with E-state index in [-0.39, 0.29) is 5.97 Å². The van der Waals surface area contributed by atoms with Crippen molar-refractivity contribution in [1.82, 2.24) is 0 Å². The average Bonchev–Trinajstić information content (AvgIpc) is 2.41. The molecule has 1 aromatic rings. The lowest BCUT2D eigenvalue weighted by molar-refractivity contribution is -0.136. The van der Waals surface area contributed by atoms with Crippen molar-refractivity contribution in [3.63, 3.8) is 0 Å². The van der Waals surface area contributed by atoms with Crippen LogP contribution in [0.15, 0.2) is 53.3 Å². The van der Waals surface area contributed by atoms with Crippen molar-refractivity contribution in [3.05, 3.63) is 53.3 Å². The van der Waals surface area contributed by atoms with E-state index in [1.54, 1.807) is 0 Å². The largest absolute Gasteiger partial charge is 0.466 e. The summed E-state index contributed by atoms with van der Waals surface area (Å²) in [6, 6.07) is 9.65. The van der Waals surface area contributed by atoms with Crippen molar-refractivity contribution < 1.29 is 14.3 Å². The summed E-state index contributed by atoms with van der Waals surface area (Å²) in [5.74, 6) is 1.48. The number of methoxy groups -OCH3 is 1. The van der Waals surface area contributed by atoms with E-state index in [0.29, 0.717) is 18.4 Å². The van der Waals surface area contributed by atoms with Gasteiger partial charge in [-0.3, -0.25) is 0 Å². The van der Waals surface area contributed by atoms with Gasteiger partial charge < -0.3 is 9.47 Å². The standard InChI is InChI=1S/C15H16O3/c1-11-10-12(15(16)17-2)8-9-14(11)18-13-6-4-3-5-7-13/h3-8H,9-10H2,1-2H3. The third-order valence-corrected chi connectivity index (χ3v) is 2.90. The topological polar surface area (TPSA) is 35.5 Å². The zero-order valence-electron chi connectivity index (χ0n) is 10.6. The normalized spacial score (nSPS) is 15.1. The molecule has 18 heavy (non-hydrogen) atoms. The number of benzene rings is 1. The first kappa shape index (κ1) is 12.4. The van der Waals surface area contributed by atoms with E-state index in [2.05, 4.69) is 0 Å². The van der Waals surface area contributed by atoms with Gasteiger partial charge in [-0.15, -0.1) is 0 Å². The Morgan fingerprint density at radius 3 is 2.56 bits per heavy atom. The van der Waals surface area contributed by atoms with E-state index < -0.39 is 0 Å². The second kappa shape index (κ2) is 5.54. The third-order valence-electron chi connectivity index (χ3n) is 2.90. The molecule has 0 aliphatic heterocycles. The van der Waals surface area contributed by atoms with Crippen LogP contribution in [0.1, 0.15) is 19.8 Å². The summed E-state index contributed by atoms with van der Waals surface area (Å²) >= 11 is 0. The second-order valence-electron chi connectivity index (χ2n) is 4.22. The van der Waals surface area contributed by atoms with Crippen LogP contribution in [-0.2, 0) is 9.53 Å². The van der Waals surface area contributed by atoms with Crippen molar-refractivity contribution in [2.45, 2.75) is 19.8 Å². The van der Waals surface area contributed by atoms with Gasteiger partial charge in [-0.05, 0) is 24.6 Å². The van der Waals surface area contributed by atoms with E-state index in [1.165, 1.54) is 7.11 Å². The van der Waals surface area contributed by atoms with Crippen LogP contribution in [0, 0.1) is 0 Å². The molecule has 0 bridgehead atoms. The highest BCUT2D eigenvalue weighted by Gasteiger charge is 2.18. The first-order valence-corrected chi connectivity index (χ1v) is 5.89. The Morgan fingerprint density at radius 2 is 1.94 bits per heavy atom. The molecule has 1 aliphatic carbocycles. The van der Waals surface area contributed by atoms with Crippen LogP contribution in [0.25, 0.3) is 0 Å². The Morgan fingerprint density at radius 1 is 1.22 bits per heavy atom. The molecule has 3 heteroatoms. The third kappa shape index (κ3) is 2.80. The van der Waals surface area contributed by atoms with E-state index in [4.69, 9.17) is 9.47 Å². The number of para-hydroxylation sites is 1. The number of rotatable bonds is 3. The highest BCUT2D eigenvalue weighted by atomic mass is 16.5. The fourth-order valence-electron chi connectivity index (χ4n) is 1.89. The average molecular weight is 244 g/mol. The lowest BCUT2D eigenvalue weighted by atomic mass is 9.98. The number of carbonyl (C=O) groups excluding carboxylic acids is 1. The van der Waals surface area contributed by atoms with Gasteiger partial charge in [0.05, 0.1) is 7.11 Å². The van der Waals surface area contributed by atoms with E-state index in [0.717, 1.165) is 17.1 Å².